The number of nitrogens with zero attached hydrogens (tertiary/aromatic N) is 12. The minimum absolute atomic E-state index is 0.00299. The van der Waals surface area contributed by atoms with Crippen molar-refractivity contribution in [1.82, 2.24) is 118 Å². The van der Waals surface area contributed by atoms with Gasteiger partial charge in [0.25, 0.3) is 17.7 Å². The Hall–Kier alpha value is -11.4. The minimum atomic E-state index is -1.01. The molecule has 0 radical (unpaired) electrons. The zero-order chi connectivity index (χ0) is 88.4. The Kier molecular flexibility index (Phi) is 29.3. The van der Waals surface area contributed by atoms with E-state index in [9.17, 15) is 57.5 Å². The molecule has 2 aliphatic carbocycles. The van der Waals surface area contributed by atoms with Crippen LogP contribution in [0.15, 0.2) is 85.3 Å². The van der Waals surface area contributed by atoms with Crippen molar-refractivity contribution in [3.05, 3.63) is 141 Å². The summed E-state index contributed by atoms with van der Waals surface area (Å²) in [5.74, 6) is -5.78. The number of nitrogens with two attached hydrogens (primary N) is 1. The Morgan fingerprint density at radius 3 is 1.02 bits per heavy atom. The van der Waals surface area contributed by atoms with Gasteiger partial charge in [-0.15, -0.1) is 15.3 Å². The molecule has 0 saturated carbocycles. The van der Waals surface area contributed by atoms with Crippen molar-refractivity contribution in [2.45, 2.75) is 245 Å². The first-order valence-electron chi connectivity index (χ1n) is 42.5. The third-order valence-corrected chi connectivity index (χ3v) is 24.2. The number of likely N-dealkylation sites (tertiary alicyclic amines) is 3. The number of fused-ring (bicyclic) bond motifs is 2. The molecule has 12 amide bonds. The van der Waals surface area contributed by atoms with Crippen molar-refractivity contribution in [3.63, 3.8) is 0 Å². The Bertz CT molecular complexity index is 4600. The fourth-order valence-electron chi connectivity index (χ4n) is 16.6. The van der Waals surface area contributed by atoms with Gasteiger partial charge in [0.2, 0.25) is 53.2 Å². The molecule has 122 heavy (non-hydrogen) atoms. The zero-order valence-electron chi connectivity index (χ0n) is 72.7. The number of aromatic nitrogens is 9. The van der Waals surface area contributed by atoms with E-state index in [4.69, 9.17) is 5.73 Å². The van der Waals surface area contributed by atoms with Crippen molar-refractivity contribution in [2.75, 3.05) is 60.4 Å². The molecule has 36 nitrogen and oxygen atoms in total. The predicted molar refractivity (Wildman–Crippen MR) is 452 cm³/mol. The molecule has 658 valence electrons. The van der Waals surface area contributed by atoms with Gasteiger partial charge in [-0.3, -0.25) is 57.5 Å². The molecule has 0 unspecified atom stereocenters. The second kappa shape index (κ2) is 39.2. The van der Waals surface area contributed by atoms with Crippen molar-refractivity contribution in [3.8, 4) is 0 Å². The number of likely N-dealkylation sites (N-methyl/N-ethyl adjacent to an activating group) is 3. The van der Waals surface area contributed by atoms with Gasteiger partial charge < -0.3 is 78.9 Å². The SMILES string of the molecule is CN[C@@H](C)C(=O)N[C@H](C(=O)N1C[C@@H](n2cc(CCNC(=O)c3cc(C(=O)NCCc4cn([C@H]5C[C@@H](C(=O)N[C@@H]6CCCc7ccccc76)N(C(=O)[C@@H](NC(=O)[C@H](C)NC)C(C)(C)C)C5)nn4)cc(C(=O)NCCc4cn([C@H]5C[C@@H](C(=O)N[C@@H]6CCCc7ccccc76)N(C(=O)[C@@H](NC(=O)[C@H](C)NC)C(C)(C)C)C5)nn4)c3)nn2)C[C@H]1C(N)=O)C(C)(C)C. The molecule has 3 aromatic carbocycles. The number of hydrogen-bond acceptors (Lipinski definition) is 21. The number of benzene rings is 3. The van der Waals surface area contributed by atoms with Crippen LogP contribution in [0.4, 0.5) is 0 Å². The molecule has 5 aliphatic rings. The van der Waals surface area contributed by atoms with Crippen molar-refractivity contribution in [2.24, 2.45) is 22.0 Å². The van der Waals surface area contributed by atoms with Gasteiger partial charge in [-0.1, -0.05) is 126 Å². The molecular formula is C86H122N24O12. The molecule has 3 aromatic heterocycles. The Morgan fingerprint density at radius 2 is 0.730 bits per heavy atom. The quantitative estimate of drug-likeness (QED) is 0.0288. The maximum absolute atomic E-state index is 14.9. The third-order valence-electron chi connectivity index (χ3n) is 24.2. The predicted octanol–water partition coefficient (Wildman–Crippen LogP) is 2.09. The van der Waals surface area contributed by atoms with Crippen LogP contribution in [-0.2, 0) is 75.3 Å². The Morgan fingerprint density at radius 1 is 0.434 bits per heavy atom. The highest BCUT2D eigenvalue weighted by Gasteiger charge is 2.50. The monoisotopic (exact) mass is 1680 g/mol. The summed E-state index contributed by atoms with van der Waals surface area (Å²) in [6.45, 7) is 21.8. The lowest BCUT2D eigenvalue weighted by Gasteiger charge is -2.36. The van der Waals surface area contributed by atoms with Gasteiger partial charge in [0.1, 0.15) is 36.3 Å². The Balaban J connectivity index is 0.788. The topological polar surface area (TPSA) is 465 Å². The first kappa shape index (κ1) is 91.3. The van der Waals surface area contributed by atoms with Gasteiger partial charge in [-0.05, 0) is 137 Å². The molecule has 0 bridgehead atoms. The van der Waals surface area contributed by atoms with Crippen LogP contribution in [-0.4, -0.2) is 245 Å². The number of carbonyl (C=O) groups excluding carboxylic acids is 12. The lowest BCUT2D eigenvalue weighted by atomic mass is 9.85. The molecule has 6 aromatic rings. The highest BCUT2D eigenvalue weighted by atomic mass is 16.2. The van der Waals surface area contributed by atoms with Crippen LogP contribution < -0.4 is 64.2 Å². The lowest BCUT2D eigenvalue weighted by molar-refractivity contribution is -0.144. The average Bonchev–Trinajstić information content (AvgIpc) is 1.63. The molecule has 3 fully saturated rings. The number of aryl methyl sites for hydroxylation is 2. The van der Waals surface area contributed by atoms with E-state index >= 15 is 0 Å². The number of nitrogens with one attached hydrogen (secondary N) is 11. The van der Waals surface area contributed by atoms with E-state index in [0.29, 0.717) is 17.1 Å². The van der Waals surface area contributed by atoms with Gasteiger partial charge >= 0.3 is 0 Å². The summed E-state index contributed by atoms with van der Waals surface area (Å²) in [5.41, 5.74) is 9.26. The summed E-state index contributed by atoms with van der Waals surface area (Å²) in [4.78, 5) is 174. The number of carbonyl (C=O) groups is 12. The lowest BCUT2D eigenvalue weighted by Crippen LogP contribution is -2.59. The first-order valence-corrected chi connectivity index (χ1v) is 42.5. The van der Waals surface area contributed by atoms with Gasteiger partial charge in [0.05, 0.1) is 65.4 Å². The fraction of sp³-hybridized carbons (Fsp3) is 0.581. The number of primary amides is 1. The molecule has 3 saturated heterocycles. The molecule has 13 N–H and O–H groups in total. The maximum Gasteiger partial charge on any atom is 0.251 e. The third kappa shape index (κ3) is 21.9. The van der Waals surface area contributed by atoms with Crippen LogP contribution in [0, 0.1) is 16.2 Å². The van der Waals surface area contributed by atoms with E-state index in [1.54, 1.807) is 69.9 Å². The molecular weight excluding hydrogens is 1560 g/mol. The first-order chi connectivity index (χ1) is 57.8. The van der Waals surface area contributed by atoms with Crippen LogP contribution in [0.1, 0.15) is 229 Å². The summed E-state index contributed by atoms with van der Waals surface area (Å²) >= 11 is 0. The normalized spacial score (nSPS) is 21.2. The Labute approximate surface area is 711 Å². The van der Waals surface area contributed by atoms with E-state index in [1.165, 1.54) is 37.6 Å². The van der Waals surface area contributed by atoms with Crippen LogP contribution in [0.2, 0.25) is 0 Å². The molecule has 6 heterocycles. The summed E-state index contributed by atoms with van der Waals surface area (Å²) < 4.78 is 4.76. The van der Waals surface area contributed by atoms with Gasteiger partial charge in [0.15, 0.2) is 0 Å². The van der Waals surface area contributed by atoms with Crippen molar-refractivity contribution < 1.29 is 57.5 Å². The second-order valence-corrected chi connectivity index (χ2v) is 36.2. The van der Waals surface area contributed by atoms with Gasteiger partial charge in [-0.2, -0.15) is 0 Å². The van der Waals surface area contributed by atoms with Crippen molar-refractivity contribution in [1.29, 1.82) is 0 Å². The van der Waals surface area contributed by atoms with Gasteiger partial charge in [-0.25, -0.2) is 14.0 Å². The molecule has 14 atom stereocenters. The standard InChI is InChI=1S/C86H122N24O12/c1-48(88-13)73(112)96-69(84(4,5)6)81(120)105-45-59(39-66(105)72(87)111)108-42-56(99-102-108)30-33-91-76(115)53-36-54(77(116)92-34-31-57-43-109(103-100-57)60-40-67(79(118)94-64-28-20-24-51-22-16-18-26-62(51)64)106(46-60)82(121)70(85(7,8)9)97-74(113)49(2)89-14)38-55(37-53)78(117)93-35-32-58-44-110(104-101-58)61-41-68(80(119)95-65-29-21-25-52-23-17-19-27-63(52)65)107(47-61)83(122)71(86(10,11)12)98-75(114)50(3)90-15/h16-19,22-23,26-27,36-38,42-44,48-50,59-61,64-71,88-90H,20-21,24-25,28-35,39-41,45-47H2,1-15H3,(H2,87,111)(H,91,115)(H,92,116)(H,93,117)(H,94,118)(H,95,119)(H,96,112)(H,97,113)(H,98,114)/t48-,49-,50-,59-,60-,61-,64+,65+,66-,67-,68-,69+,70+,71+/m0/s1. The van der Waals surface area contributed by atoms with E-state index in [-0.39, 0.29) is 130 Å². The molecule has 36 heteroatoms. The fourth-order valence-corrected chi connectivity index (χ4v) is 16.6. The van der Waals surface area contributed by atoms with Crippen LogP contribution in [0.5, 0.6) is 0 Å². The largest absolute Gasteiger partial charge is 0.368 e. The summed E-state index contributed by atoms with van der Waals surface area (Å²) in [5, 5.41) is 59.2. The highest BCUT2D eigenvalue weighted by molar-refractivity contribution is 6.05. The number of amides is 12. The molecule has 0 spiro atoms. The van der Waals surface area contributed by atoms with E-state index in [0.717, 1.165) is 60.8 Å². The number of hydrogen-bond donors (Lipinski definition) is 12. The van der Waals surface area contributed by atoms with Gasteiger partial charge in [0, 0.05) is 113 Å². The summed E-state index contributed by atoms with van der Waals surface area (Å²) in [6, 6.07) is 10.3. The molecule has 11 rings (SSSR count). The van der Waals surface area contributed by atoms with E-state index in [2.05, 4.69) is 102 Å². The van der Waals surface area contributed by atoms with E-state index < -0.39 is 136 Å². The van der Waals surface area contributed by atoms with E-state index in [1.807, 2.05) is 98.7 Å². The summed E-state index contributed by atoms with van der Waals surface area (Å²) in [6.07, 6.45) is 10.9. The average molecular weight is 1680 g/mol. The van der Waals surface area contributed by atoms with Crippen LogP contribution >= 0.6 is 0 Å². The maximum atomic E-state index is 14.9. The van der Waals surface area contributed by atoms with Crippen molar-refractivity contribution >= 4 is 70.9 Å². The second-order valence-electron chi connectivity index (χ2n) is 36.2. The molecule has 3 aliphatic heterocycles. The number of rotatable bonds is 32. The van der Waals surface area contributed by atoms with Crippen LogP contribution in [0.25, 0.3) is 0 Å². The highest BCUT2D eigenvalue weighted by Crippen LogP contribution is 2.38. The smallest absolute Gasteiger partial charge is 0.251 e. The minimum Gasteiger partial charge on any atom is -0.368 e. The zero-order valence-corrected chi connectivity index (χ0v) is 72.7. The summed E-state index contributed by atoms with van der Waals surface area (Å²) in [7, 11) is 4.93. The van der Waals surface area contributed by atoms with Crippen LogP contribution in [0.3, 0.4) is 0 Å².